The Labute approximate surface area is 246 Å². The Hall–Kier alpha value is -5.45. The number of carboxylic acid groups (broad SMARTS) is 3. The molecule has 16 heteroatoms. The van der Waals surface area contributed by atoms with Crippen molar-refractivity contribution in [1.82, 2.24) is 0 Å². The Balaban J connectivity index is 0.000000324. The Bertz CT molecular complexity index is 1420. The number of quaternary nitrogens is 2. The van der Waals surface area contributed by atoms with Gasteiger partial charge in [0.05, 0.1) is 16.3 Å². The molecule has 0 aliphatic rings. The van der Waals surface area contributed by atoms with Gasteiger partial charge in [0.1, 0.15) is 11.7 Å². The largest absolute Gasteiger partial charge is 0.480 e. The molecule has 0 heterocycles. The lowest BCUT2D eigenvalue weighted by molar-refractivity contribution is -0.407. The third-order valence-corrected chi connectivity index (χ3v) is 5.86. The van der Waals surface area contributed by atoms with Crippen molar-refractivity contribution in [2.75, 3.05) is 22.9 Å². The van der Waals surface area contributed by atoms with Crippen LogP contribution < -0.4 is 40.1 Å². The average molecular weight is 603 g/mol. The molecule has 0 bridgehead atoms. The fourth-order valence-corrected chi connectivity index (χ4v) is 3.36. The number of nitrogens with two attached hydrogens (primary N) is 5. The molecule has 0 amide bonds. The normalized spacial score (nSPS) is 12.3. The standard InChI is InChI=1S/C9H11N3O4.C9H13N3O2.C9H12N2O2/c10-6-2-1-5(3-7(11)9(13)14)4-8(6)12(15)16;10-6-2-1-5(3-7(6)11)4-8(12)9(13)14;10-7-3-1-6(2-4-7)5-8(11)9(12)13/h1-2,4,7H,3,10-11H2,(H,13,14);1-3,8H,4,10-12H2,(H,13,14);1-4,8H,5,10-11H2,(H,12,13)/p+2. The summed E-state index contributed by atoms with van der Waals surface area (Å²) in [7, 11) is 0. The van der Waals surface area contributed by atoms with Crippen LogP contribution >= 0.6 is 0 Å². The molecule has 232 valence electrons. The molecule has 0 radical (unpaired) electrons. The number of hydrogen-bond acceptors (Lipinski definition) is 10. The summed E-state index contributed by atoms with van der Waals surface area (Å²) in [6.45, 7) is 0. The number of hydrogen-bond donors (Lipinski definition) is 10. The molecule has 0 aliphatic heterocycles. The molecular formula is C27H38N8O8+2. The van der Waals surface area contributed by atoms with E-state index in [0.29, 0.717) is 35.5 Å². The van der Waals surface area contributed by atoms with Crippen molar-refractivity contribution < 1.29 is 46.1 Å². The van der Waals surface area contributed by atoms with Gasteiger partial charge in [-0.3, -0.25) is 14.9 Å². The number of carboxylic acids is 3. The Morgan fingerprint density at radius 3 is 1.53 bits per heavy atom. The van der Waals surface area contributed by atoms with E-state index < -0.39 is 41.0 Å². The highest BCUT2D eigenvalue weighted by molar-refractivity contribution is 5.74. The SMILES string of the molecule is Nc1ccc(CC(N)C(=O)O)cc1.Nc1ccc(CC([NH3+])C(=O)O)cc1N.Nc1ccc(CC([NH3+])C(=O)O)cc1[N+](=O)[O-]. The first-order chi connectivity index (χ1) is 20.0. The highest BCUT2D eigenvalue weighted by atomic mass is 16.6. The molecule has 0 saturated carbocycles. The number of nitro benzene ring substituents is 1. The van der Waals surface area contributed by atoms with Crippen molar-refractivity contribution in [2.24, 2.45) is 5.73 Å². The number of nitrogens with zero attached hydrogens (tertiary/aromatic N) is 1. The number of aliphatic carboxylic acids is 3. The van der Waals surface area contributed by atoms with Crippen molar-refractivity contribution >= 4 is 46.3 Å². The van der Waals surface area contributed by atoms with Gasteiger partial charge in [-0.15, -0.1) is 0 Å². The second kappa shape index (κ2) is 16.7. The second-order valence-corrected chi connectivity index (χ2v) is 9.48. The first-order valence-corrected chi connectivity index (χ1v) is 12.6. The molecule has 0 aliphatic carbocycles. The zero-order valence-electron chi connectivity index (χ0n) is 23.3. The van der Waals surface area contributed by atoms with Gasteiger partial charge >= 0.3 is 17.9 Å². The first kappa shape index (κ1) is 35.6. The van der Waals surface area contributed by atoms with Crippen LogP contribution in [-0.2, 0) is 33.6 Å². The maximum atomic E-state index is 10.6. The van der Waals surface area contributed by atoms with E-state index in [9.17, 15) is 24.5 Å². The van der Waals surface area contributed by atoms with Crippen molar-refractivity contribution in [1.29, 1.82) is 0 Å². The predicted octanol–water partition coefficient (Wildman–Crippen LogP) is -1.27. The van der Waals surface area contributed by atoms with E-state index in [1.54, 1.807) is 48.5 Å². The quantitative estimate of drug-likeness (QED) is 0.0735. The summed E-state index contributed by atoms with van der Waals surface area (Å²) in [6, 6.07) is 14.0. The number of rotatable bonds is 10. The van der Waals surface area contributed by atoms with Gasteiger partial charge in [-0.05, 0) is 53.4 Å². The van der Waals surface area contributed by atoms with Crippen molar-refractivity contribution in [3.05, 3.63) is 87.5 Å². The molecule has 3 unspecified atom stereocenters. The predicted molar refractivity (Wildman–Crippen MR) is 159 cm³/mol. The number of nitrogen functional groups attached to an aromatic ring is 4. The maximum Gasteiger partial charge on any atom is 0.362 e. The van der Waals surface area contributed by atoms with Gasteiger partial charge in [-0.2, -0.15) is 0 Å². The molecule has 3 rings (SSSR count). The van der Waals surface area contributed by atoms with E-state index in [4.69, 9.17) is 44.0 Å². The fourth-order valence-electron chi connectivity index (χ4n) is 3.36. The maximum absolute atomic E-state index is 10.6. The van der Waals surface area contributed by atoms with Gasteiger partial charge in [-0.1, -0.05) is 24.3 Å². The van der Waals surface area contributed by atoms with Crippen molar-refractivity contribution in [3.8, 4) is 0 Å². The molecule has 43 heavy (non-hydrogen) atoms. The lowest BCUT2D eigenvalue weighted by Gasteiger charge is -2.06. The zero-order chi connectivity index (χ0) is 32.9. The van der Waals surface area contributed by atoms with E-state index in [0.717, 1.165) is 11.1 Å². The average Bonchev–Trinajstić information content (AvgIpc) is 2.93. The van der Waals surface area contributed by atoms with Gasteiger partial charge in [0.25, 0.3) is 5.69 Å². The number of nitro groups is 1. The van der Waals surface area contributed by atoms with E-state index in [2.05, 4.69) is 11.5 Å². The molecule has 19 N–H and O–H groups in total. The Morgan fingerprint density at radius 1 is 0.674 bits per heavy atom. The lowest BCUT2D eigenvalue weighted by atomic mass is 10.1. The smallest absolute Gasteiger partial charge is 0.362 e. The molecular weight excluding hydrogens is 564 g/mol. The van der Waals surface area contributed by atoms with Gasteiger partial charge in [0.2, 0.25) is 0 Å². The summed E-state index contributed by atoms with van der Waals surface area (Å²) in [6.07, 6.45) is 0.825. The van der Waals surface area contributed by atoms with E-state index in [1.807, 2.05) is 0 Å². The monoisotopic (exact) mass is 602 g/mol. The van der Waals surface area contributed by atoms with Crippen LogP contribution in [0, 0.1) is 10.1 Å². The lowest BCUT2D eigenvalue weighted by Crippen LogP contribution is -2.65. The summed E-state index contributed by atoms with van der Waals surface area (Å²) in [4.78, 5) is 41.5. The van der Waals surface area contributed by atoms with E-state index >= 15 is 0 Å². The minimum Gasteiger partial charge on any atom is -0.480 e. The fraction of sp³-hybridized carbons (Fsp3) is 0.222. The van der Waals surface area contributed by atoms with Crippen LogP contribution in [0.3, 0.4) is 0 Å². The highest BCUT2D eigenvalue weighted by Gasteiger charge is 2.19. The van der Waals surface area contributed by atoms with Crippen LogP contribution in [0.1, 0.15) is 16.7 Å². The van der Waals surface area contributed by atoms with E-state index in [1.165, 1.54) is 12.1 Å². The van der Waals surface area contributed by atoms with Crippen LogP contribution in [-0.4, -0.2) is 56.3 Å². The van der Waals surface area contributed by atoms with Crippen LogP contribution in [0.2, 0.25) is 0 Å². The number of carbonyl (C=O) groups is 3. The summed E-state index contributed by atoms with van der Waals surface area (Å²) in [5.41, 5.74) is 38.0. The van der Waals surface area contributed by atoms with Gasteiger partial charge in [0, 0.05) is 24.6 Å². The van der Waals surface area contributed by atoms with Crippen LogP contribution in [0.4, 0.5) is 28.4 Å². The number of anilines is 4. The minimum absolute atomic E-state index is 0.0599. The molecule has 0 fully saturated rings. The first-order valence-electron chi connectivity index (χ1n) is 12.6. The minimum atomic E-state index is -1.04. The third kappa shape index (κ3) is 12.7. The van der Waals surface area contributed by atoms with Gasteiger partial charge < -0.3 is 55.5 Å². The topological polar surface area (TPSA) is 340 Å². The molecule has 3 aromatic rings. The number of benzene rings is 3. The zero-order valence-corrected chi connectivity index (χ0v) is 23.3. The third-order valence-electron chi connectivity index (χ3n) is 5.86. The van der Waals surface area contributed by atoms with Crippen molar-refractivity contribution in [2.45, 2.75) is 37.4 Å². The van der Waals surface area contributed by atoms with Gasteiger partial charge in [-0.25, -0.2) is 9.59 Å². The molecule has 0 aromatic heterocycles. The molecule has 3 atom stereocenters. The summed E-state index contributed by atoms with van der Waals surface area (Å²) >= 11 is 0. The molecule has 0 saturated heterocycles. The second-order valence-electron chi connectivity index (χ2n) is 9.48. The van der Waals surface area contributed by atoms with Crippen LogP contribution in [0.25, 0.3) is 0 Å². The Morgan fingerprint density at radius 2 is 1.12 bits per heavy atom. The van der Waals surface area contributed by atoms with E-state index in [-0.39, 0.29) is 17.8 Å². The van der Waals surface area contributed by atoms with Crippen LogP contribution in [0.15, 0.2) is 60.7 Å². The molecule has 3 aromatic carbocycles. The van der Waals surface area contributed by atoms with Crippen LogP contribution in [0.5, 0.6) is 0 Å². The molecule has 0 spiro atoms. The van der Waals surface area contributed by atoms with Gasteiger partial charge in [0.15, 0.2) is 12.1 Å². The summed E-state index contributed by atoms with van der Waals surface area (Å²) in [5.74, 6) is -2.95. The van der Waals surface area contributed by atoms with Crippen molar-refractivity contribution in [3.63, 3.8) is 0 Å². The molecule has 16 nitrogen and oxygen atoms in total. The summed E-state index contributed by atoms with van der Waals surface area (Å²) < 4.78 is 0. The highest BCUT2D eigenvalue weighted by Crippen LogP contribution is 2.22. The summed E-state index contributed by atoms with van der Waals surface area (Å²) in [5, 5.41) is 36.4. The Kier molecular flexibility index (Phi) is 13.8.